The third-order valence-corrected chi connectivity index (χ3v) is 6.05. The van der Waals surface area contributed by atoms with Gasteiger partial charge < -0.3 is 79.9 Å². The Morgan fingerprint density at radius 3 is 1.29 bits per heavy atom. The quantitative estimate of drug-likeness (QED) is 0.154. The Bertz CT molecular complexity index is 639. The van der Waals surface area contributed by atoms with Gasteiger partial charge in [0, 0.05) is 0 Å². The van der Waals surface area contributed by atoms with Gasteiger partial charge in [0.05, 0.1) is 19.8 Å². The van der Waals surface area contributed by atoms with Crippen molar-refractivity contribution in [3.8, 4) is 0 Å². The van der Waals surface area contributed by atoms with Gasteiger partial charge in [-0.15, -0.1) is 0 Å². The first-order valence-corrected chi connectivity index (χ1v) is 10.6. The zero-order valence-corrected chi connectivity index (χ0v) is 17.7. The summed E-state index contributed by atoms with van der Waals surface area (Å²) < 4.78 is 26.1. The fourth-order valence-electron chi connectivity index (χ4n) is 3.84. The molecule has 34 heavy (non-hydrogen) atoms. The van der Waals surface area contributed by atoms with E-state index in [0.717, 1.165) is 0 Å². The van der Waals surface area contributed by atoms with Gasteiger partial charge in [-0.25, -0.2) is 0 Å². The van der Waals surface area contributed by atoms with E-state index in [4.69, 9.17) is 23.7 Å². The Labute approximate surface area is 192 Å². The van der Waals surface area contributed by atoms with Gasteiger partial charge in [0.1, 0.15) is 73.2 Å². The second-order valence-electron chi connectivity index (χ2n) is 8.42. The summed E-state index contributed by atoms with van der Waals surface area (Å²) >= 11 is 0. The van der Waals surface area contributed by atoms with Crippen LogP contribution in [0, 0.1) is 0 Å². The van der Waals surface area contributed by atoms with E-state index < -0.39 is 112 Å². The molecule has 3 aliphatic rings. The molecule has 0 bridgehead atoms. The van der Waals surface area contributed by atoms with Crippen LogP contribution in [0.4, 0.5) is 0 Å². The summed E-state index contributed by atoms with van der Waals surface area (Å²) in [7, 11) is 0. The molecule has 0 aromatic heterocycles. The summed E-state index contributed by atoms with van der Waals surface area (Å²) in [6, 6.07) is 0. The predicted octanol–water partition coefficient (Wildman–Crippen LogP) is -7.57. The van der Waals surface area contributed by atoms with Crippen molar-refractivity contribution in [3.63, 3.8) is 0 Å². The van der Waals surface area contributed by atoms with Crippen LogP contribution in [-0.4, -0.2) is 168 Å². The minimum Gasteiger partial charge on any atom is -0.394 e. The number of hydrogen-bond donors (Lipinski definition) is 11. The van der Waals surface area contributed by atoms with E-state index in [1.54, 1.807) is 0 Å². The molecule has 200 valence electrons. The normalized spacial score (nSPS) is 52.5. The maximum atomic E-state index is 10.2. The average molecular weight is 504 g/mol. The molecule has 0 aliphatic carbocycles. The zero-order chi connectivity index (χ0) is 25.3. The number of ether oxygens (including phenoxy) is 5. The minimum atomic E-state index is -1.82. The van der Waals surface area contributed by atoms with Crippen molar-refractivity contribution in [1.29, 1.82) is 0 Å². The summed E-state index contributed by atoms with van der Waals surface area (Å²) in [5.74, 6) is 0. The fraction of sp³-hybridized carbons (Fsp3) is 1.00. The van der Waals surface area contributed by atoms with Gasteiger partial charge in [-0.3, -0.25) is 0 Å². The summed E-state index contributed by atoms with van der Waals surface area (Å²) in [5.41, 5.74) is 0. The summed E-state index contributed by atoms with van der Waals surface area (Å²) in [5, 5.41) is 108. The molecule has 3 fully saturated rings. The van der Waals surface area contributed by atoms with E-state index in [0.29, 0.717) is 0 Å². The van der Waals surface area contributed by atoms with E-state index in [2.05, 4.69) is 0 Å². The van der Waals surface area contributed by atoms with Gasteiger partial charge >= 0.3 is 0 Å². The fourth-order valence-corrected chi connectivity index (χ4v) is 3.84. The van der Waals surface area contributed by atoms with Crippen LogP contribution in [0.5, 0.6) is 0 Å². The van der Waals surface area contributed by atoms with Crippen molar-refractivity contribution < 1.29 is 79.9 Å². The minimum absolute atomic E-state index is 0.570. The van der Waals surface area contributed by atoms with Gasteiger partial charge in [0.15, 0.2) is 18.9 Å². The van der Waals surface area contributed by atoms with E-state index in [-0.39, 0.29) is 0 Å². The zero-order valence-electron chi connectivity index (χ0n) is 17.7. The highest BCUT2D eigenvalue weighted by Crippen LogP contribution is 2.27. The Balaban J connectivity index is 1.58. The molecule has 11 N–H and O–H groups in total. The van der Waals surface area contributed by atoms with E-state index in [1.807, 2.05) is 0 Å². The lowest BCUT2D eigenvalue weighted by Gasteiger charge is -2.43. The molecule has 0 aromatic rings. The first-order valence-electron chi connectivity index (χ1n) is 10.6. The van der Waals surface area contributed by atoms with Crippen LogP contribution in [0.15, 0.2) is 0 Å². The molecular formula is C18H32O16. The maximum Gasteiger partial charge on any atom is 0.186 e. The third kappa shape index (κ3) is 5.68. The third-order valence-electron chi connectivity index (χ3n) is 6.05. The smallest absolute Gasteiger partial charge is 0.186 e. The summed E-state index contributed by atoms with van der Waals surface area (Å²) in [6.45, 7) is -1.84. The molecule has 0 aromatic carbocycles. The van der Waals surface area contributed by atoms with Gasteiger partial charge in [0.25, 0.3) is 0 Å². The number of aliphatic hydroxyl groups excluding tert-OH is 11. The largest absolute Gasteiger partial charge is 0.394 e. The first-order chi connectivity index (χ1) is 16.0. The molecule has 1 unspecified atom stereocenters. The molecular weight excluding hydrogens is 472 g/mol. The van der Waals surface area contributed by atoms with Crippen molar-refractivity contribution in [2.75, 3.05) is 19.8 Å². The van der Waals surface area contributed by atoms with E-state index in [9.17, 15) is 56.2 Å². The molecule has 3 heterocycles. The Morgan fingerprint density at radius 2 is 0.824 bits per heavy atom. The number of rotatable bonds is 7. The van der Waals surface area contributed by atoms with Gasteiger partial charge in [0.2, 0.25) is 0 Å². The van der Waals surface area contributed by atoms with Crippen LogP contribution in [0.3, 0.4) is 0 Å². The van der Waals surface area contributed by atoms with Crippen LogP contribution in [0.1, 0.15) is 0 Å². The summed E-state index contributed by atoms with van der Waals surface area (Å²) in [6.07, 6.45) is -24.4. The molecule has 0 spiro atoms. The van der Waals surface area contributed by atoms with Crippen molar-refractivity contribution >= 4 is 0 Å². The number of aliphatic hydroxyl groups is 11. The molecule has 3 saturated heterocycles. The highest BCUT2D eigenvalue weighted by atomic mass is 16.7. The van der Waals surface area contributed by atoms with Crippen molar-refractivity contribution in [1.82, 2.24) is 0 Å². The second-order valence-corrected chi connectivity index (χ2v) is 8.42. The van der Waals surface area contributed by atoms with Gasteiger partial charge in [-0.05, 0) is 0 Å². The Morgan fingerprint density at radius 1 is 0.441 bits per heavy atom. The van der Waals surface area contributed by atoms with Crippen molar-refractivity contribution in [3.05, 3.63) is 0 Å². The lowest BCUT2D eigenvalue weighted by molar-refractivity contribution is -0.340. The Hall–Kier alpha value is -0.640. The summed E-state index contributed by atoms with van der Waals surface area (Å²) in [4.78, 5) is 0. The highest BCUT2D eigenvalue weighted by Gasteiger charge is 2.48. The molecule has 15 atom stereocenters. The van der Waals surface area contributed by atoms with E-state index >= 15 is 0 Å². The Kier molecular flexibility index (Phi) is 9.54. The molecule has 0 radical (unpaired) electrons. The molecule has 3 rings (SSSR count). The van der Waals surface area contributed by atoms with Crippen LogP contribution in [-0.2, 0) is 23.7 Å². The standard InChI is InChI=1S/C18H32O16/c19-1-4-7(20)11(24)14(27)17(33-4)31-3-6-9(22)12(25)15(28)18(34-6)30-2-5-8(21)10(23)13(26)16(29)32-5/h4-29H,1-3H2/t4-,5-,6-,7-,8-,9-,10+,11+,12+,13-,14-,15-,16?,17+,18+/m1/s1. The topological polar surface area (TPSA) is 269 Å². The SMILES string of the molecule is OC[C@H]1O[C@H](OC[C@H]2O[C@H](OC[C@H]3OC(O)[C@H](O)[C@@H](O)[C@@H]3O)[C@H](O)[C@@H](O)[C@@H]2O)[C@H](O)[C@@H](O)[C@@H]1O. The second kappa shape index (κ2) is 11.6. The van der Waals surface area contributed by atoms with Crippen LogP contribution in [0.2, 0.25) is 0 Å². The maximum absolute atomic E-state index is 10.2. The molecule has 16 nitrogen and oxygen atoms in total. The molecule has 3 aliphatic heterocycles. The molecule has 16 heteroatoms. The van der Waals surface area contributed by atoms with Crippen molar-refractivity contribution in [2.45, 2.75) is 92.1 Å². The van der Waals surface area contributed by atoms with Gasteiger partial charge in [-0.2, -0.15) is 0 Å². The highest BCUT2D eigenvalue weighted by molar-refractivity contribution is 4.92. The monoisotopic (exact) mass is 504 g/mol. The molecule has 0 amide bonds. The van der Waals surface area contributed by atoms with Crippen LogP contribution >= 0.6 is 0 Å². The molecule has 0 saturated carbocycles. The van der Waals surface area contributed by atoms with Crippen LogP contribution in [0.25, 0.3) is 0 Å². The van der Waals surface area contributed by atoms with Crippen molar-refractivity contribution in [2.24, 2.45) is 0 Å². The predicted molar refractivity (Wildman–Crippen MR) is 101 cm³/mol. The lowest BCUT2D eigenvalue weighted by Crippen LogP contribution is -2.62. The number of hydrogen-bond acceptors (Lipinski definition) is 16. The van der Waals surface area contributed by atoms with Crippen LogP contribution < -0.4 is 0 Å². The van der Waals surface area contributed by atoms with E-state index in [1.165, 1.54) is 0 Å². The lowest BCUT2D eigenvalue weighted by atomic mass is 9.98. The van der Waals surface area contributed by atoms with Gasteiger partial charge in [-0.1, -0.05) is 0 Å². The average Bonchev–Trinajstić information content (AvgIpc) is 2.82. The first kappa shape index (κ1) is 27.9.